The van der Waals surface area contributed by atoms with E-state index in [9.17, 15) is 8.42 Å². The number of likely N-dealkylation sites (tertiary alicyclic amines) is 1. The van der Waals surface area contributed by atoms with Gasteiger partial charge in [0.2, 0.25) is 10.0 Å². The molecule has 7 heteroatoms. The van der Waals surface area contributed by atoms with Crippen LogP contribution in [0.3, 0.4) is 0 Å². The van der Waals surface area contributed by atoms with Crippen LogP contribution < -0.4 is 10.0 Å². The van der Waals surface area contributed by atoms with Gasteiger partial charge in [-0.05, 0) is 37.6 Å². The average Bonchev–Trinajstić information content (AvgIpc) is 2.80. The maximum atomic E-state index is 11.6. The van der Waals surface area contributed by atoms with Crippen molar-refractivity contribution in [3.63, 3.8) is 0 Å². The first kappa shape index (κ1) is 16.1. The normalized spacial score (nSPS) is 29.1. The molecule has 1 aromatic rings. The molecule has 122 valence electrons. The first-order valence-corrected chi connectivity index (χ1v) is 9.29. The number of primary sulfonamides is 1. The SMILES string of the molecule is Cc1cc(S(N)(=O)=O)c(Cl)cc1N1C[C@H]2CN(C)C[C@@]2(C)C1. The molecule has 2 fully saturated rings. The van der Waals surface area contributed by atoms with E-state index in [-0.39, 0.29) is 15.3 Å². The van der Waals surface area contributed by atoms with Gasteiger partial charge in [-0.2, -0.15) is 0 Å². The van der Waals surface area contributed by atoms with Crippen molar-refractivity contribution in [2.75, 3.05) is 38.1 Å². The van der Waals surface area contributed by atoms with Crippen LogP contribution in [0.5, 0.6) is 0 Å². The first-order chi connectivity index (χ1) is 10.1. The van der Waals surface area contributed by atoms with E-state index in [0.717, 1.165) is 37.4 Å². The number of benzene rings is 1. The Morgan fingerprint density at radius 3 is 2.59 bits per heavy atom. The van der Waals surface area contributed by atoms with Crippen LogP contribution in [-0.4, -0.2) is 46.5 Å². The van der Waals surface area contributed by atoms with Crippen molar-refractivity contribution in [2.24, 2.45) is 16.5 Å². The summed E-state index contributed by atoms with van der Waals surface area (Å²) in [6.45, 7) is 8.38. The molecule has 0 saturated carbocycles. The maximum absolute atomic E-state index is 11.6. The summed E-state index contributed by atoms with van der Waals surface area (Å²) in [5, 5.41) is 5.41. The number of hydrogen-bond acceptors (Lipinski definition) is 4. The minimum atomic E-state index is -3.79. The summed E-state index contributed by atoms with van der Waals surface area (Å²) in [5.41, 5.74) is 2.19. The second kappa shape index (κ2) is 5.09. The van der Waals surface area contributed by atoms with Crippen molar-refractivity contribution in [1.82, 2.24) is 4.90 Å². The molecule has 2 heterocycles. The van der Waals surface area contributed by atoms with Crippen molar-refractivity contribution < 1.29 is 8.42 Å². The molecule has 22 heavy (non-hydrogen) atoms. The Labute approximate surface area is 137 Å². The minimum absolute atomic E-state index is 0.000697. The molecule has 2 saturated heterocycles. The third-order valence-electron chi connectivity index (χ3n) is 5.04. The second-order valence-electron chi connectivity index (χ2n) is 7.04. The van der Waals surface area contributed by atoms with Gasteiger partial charge in [-0.3, -0.25) is 0 Å². The summed E-state index contributed by atoms with van der Waals surface area (Å²) in [6, 6.07) is 3.32. The molecule has 2 aliphatic rings. The lowest BCUT2D eigenvalue weighted by atomic mass is 9.83. The van der Waals surface area contributed by atoms with Crippen molar-refractivity contribution in [3.05, 3.63) is 22.7 Å². The highest BCUT2D eigenvalue weighted by molar-refractivity contribution is 7.89. The second-order valence-corrected chi connectivity index (χ2v) is 8.98. The zero-order valence-electron chi connectivity index (χ0n) is 13.1. The van der Waals surface area contributed by atoms with Crippen LogP contribution in [0.2, 0.25) is 5.02 Å². The Bertz CT molecular complexity index is 722. The average molecular weight is 344 g/mol. The van der Waals surface area contributed by atoms with E-state index < -0.39 is 10.0 Å². The third-order valence-corrected chi connectivity index (χ3v) is 6.41. The van der Waals surface area contributed by atoms with Crippen LogP contribution in [0.1, 0.15) is 12.5 Å². The number of sulfonamides is 1. The summed E-state index contributed by atoms with van der Waals surface area (Å²) in [4.78, 5) is 4.71. The number of aryl methyl sites for hydroxylation is 1. The van der Waals surface area contributed by atoms with Crippen molar-refractivity contribution in [2.45, 2.75) is 18.7 Å². The molecule has 0 aliphatic carbocycles. The van der Waals surface area contributed by atoms with Crippen LogP contribution in [0.15, 0.2) is 17.0 Å². The lowest BCUT2D eigenvalue weighted by molar-refractivity contribution is 0.313. The fraction of sp³-hybridized carbons (Fsp3) is 0.600. The van der Waals surface area contributed by atoms with E-state index >= 15 is 0 Å². The Kier molecular flexibility index (Phi) is 3.72. The lowest BCUT2D eigenvalue weighted by Gasteiger charge is -2.26. The zero-order valence-corrected chi connectivity index (χ0v) is 14.7. The van der Waals surface area contributed by atoms with E-state index in [4.69, 9.17) is 16.7 Å². The molecular formula is C15H22ClN3O2S. The number of anilines is 1. The van der Waals surface area contributed by atoms with Gasteiger partial charge in [-0.25, -0.2) is 13.6 Å². The molecule has 0 bridgehead atoms. The van der Waals surface area contributed by atoms with Crippen LogP contribution in [-0.2, 0) is 10.0 Å². The molecule has 2 aliphatic heterocycles. The highest BCUT2D eigenvalue weighted by atomic mass is 35.5. The Hall–Kier alpha value is -0.820. The number of hydrogen-bond donors (Lipinski definition) is 1. The molecule has 1 aromatic carbocycles. The smallest absolute Gasteiger partial charge is 0.239 e. The fourth-order valence-corrected chi connectivity index (χ4v) is 5.17. The van der Waals surface area contributed by atoms with Gasteiger partial charge in [0, 0.05) is 37.3 Å². The molecule has 2 atom stereocenters. The summed E-state index contributed by atoms with van der Waals surface area (Å²) in [5.74, 6) is 0.633. The highest BCUT2D eigenvalue weighted by Gasteiger charge is 2.48. The molecular weight excluding hydrogens is 322 g/mol. The number of halogens is 1. The van der Waals surface area contributed by atoms with Gasteiger partial charge in [0.05, 0.1) is 5.02 Å². The topological polar surface area (TPSA) is 66.6 Å². The van der Waals surface area contributed by atoms with Crippen LogP contribution in [0, 0.1) is 18.3 Å². The number of rotatable bonds is 2. The fourth-order valence-electron chi connectivity index (χ4n) is 4.02. The molecule has 5 nitrogen and oxygen atoms in total. The van der Waals surface area contributed by atoms with Crippen LogP contribution >= 0.6 is 11.6 Å². The van der Waals surface area contributed by atoms with Crippen molar-refractivity contribution in [1.29, 1.82) is 0 Å². The van der Waals surface area contributed by atoms with Gasteiger partial charge in [0.25, 0.3) is 0 Å². The predicted molar refractivity (Wildman–Crippen MR) is 88.9 cm³/mol. The van der Waals surface area contributed by atoms with Gasteiger partial charge in [0.1, 0.15) is 4.90 Å². The van der Waals surface area contributed by atoms with E-state index in [1.807, 2.05) is 6.92 Å². The number of nitrogens with zero attached hydrogens (tertiary/aromatic N) is 2. The molecule has 3 rings (SSSR count). The third kappa shape index (κ3) is 2.62. The minimum Gasteiger partial charge on any atom is -0.370 e. The first-order valence-electron chi connectivity index (χ1n) is 7.36. The monoisotopic (exact) mass is 343 g/mol. The van der Waals surface area contributed by atoms with Gasteiger partial charge in [0.15, 0.2) is 0 Å². The molecule has 0 amide bonds. The number of fused-ring (bicyclic) bond motifs is 1. The standard InChI is InChI=1S/C15H22ClN3O2S/c1-10-4-14(22(17,20)21)12(16)5-13(10)19-7-11-6-18(3)8-15(11,2)9-19/h4-5,11H,6-9H2,1-3H3,(H2,17,20,21)/t11-,15+/m1/s1. The van der Waals surface area contributed by atoms with E-state index in [1.54, 1.807) is 12.1 Å². The van der Waals surface area contributed by atoms with Crippen molar-refractivity contribution >= 4 is 27.3 Å². The maximum Gasteiger partial charge on any atom is 0.239 e. The number of nitrogens with two attached hydrogens (primary N) is 1. The summed E-state index contributed by atoms with van der Waals surface area (Å²) < 4.78 is 23.1. The van der Waals surface area contributed by atoms with Gasteiger partial charge in [-0.1, -0.05) is 18.5 Å². The van der Waals surface area contributed by atoms with Crippen LogP contribution in [0.25, 0.3) is 0 Å². The van der Waals surface area contributed by atoms with E-state index in [0.29, 0.717) is 5.92 Å². The van der Waals surface area contributed by atoms with Gasteiger partial charge >= 0.3 is 0 Å². The van der Waals surface area contributed by atoms with Gasteiger partial charge < -0.3 is 9.80 Å². The Morgan fingerprint density at radius 1 is 1.32 bits per heavy atom. The molecule has 0 unspecified atom stereocenters. The highest BCUT2D eigenvalue weighted by Crippen LogP contribution is 2.44. The Morgan fingerprint density at radius 2 is 2.00 bits per heavy atom. The zero-order chi connectivity index (χ0) is 16.3. The molecule has 0 spiro atoms. The predicted octanol–water partition coefficient (Wildman–Crippen LogP) is 1.68. The summed E-state index contributed by atoms with van der Waals surface area (Å²) >= 11 is 6.15. The lowest BCUT2D eigenvalue weighted by Crippen LogP contribution is -2.31. The van der Waals surface area contributed by atoms with E-state index in [2.05, 4.69) is 23.8 Å². The largest absolute Gasteiger partial charge is 0.370 e. The molecule has 0 aromatic heterocycles. The van der Waals surface area contributed by atoms with Gasteiger partial charge in [-0.15, -0.1) is 0 Å². The quantitative estimate of drug-likeness (QED) is 0.887. The molecule has 2 N–H and O–H groups in total. The summed E-state index contributed by atoms with van der Waals surface area (Å²) in [7, 11) is -1.62. The summed E-state index contributed by atoms with van der Waals surface area (Å²) in [6.07, 6.45) is 0. The Balaban J connectivity index is 1.93. The van der Waals surface area contributed by atoms with E-state index in [1.165, 1.54) is 0 Å². The molecule has 0 radical (unpaired) electrons. The van der Waals surface area contributed by atoms with Crippen molar-refractivity contribution in [3.8, 4) is 0 Å². The van der Waals surface area contributed by atoms with Crippen LogP contribution in [0.4, 0.5) is 5.69 Å².